The number of halogens is 2. The molecule has 30 heavy (non-hydrogen) atoms. The smallest absolute Gasteiger partial charge is 0.288 e. The molecule has 4 nitrogen and oxygen atoms in total. The highest BCUT2D eigenvalue weighted by molar-refractivity contribution is 7.99. The highest BCUT2D eigenvalue weighted by Crippen LogP contribution is 2.28. The molecule has 0 atom stereocenters. The maximum atomic E-state index is 12.5. The molecular formula is C22H20F2N2O2S2. The fourth-order valence-electron chi connectivity index (χ4n) is 2.77. The van der Waals surface area contributed by atoms with E-state index in [1.54, 1.807) is 43.5 Å². The third-order valence-corrected chi connectivity index (χ3v) is 5.33. The number of thioether (sulfide) groups is 1. The van der Waals surface area contributed by atoms with Gasteiger partial charge in [-0.2, -0.15) is 8.78 Å². The summed E-state index contributed by atoms with van der Waals surface area (Å²) in [5.74, 6) is -1.58. The predicted molar refractivity (Wildman–Crippen MR) is 122 cm³/mol. The van der Waals surface area contributed by atoms with Crippen LogP contribution in [0.3, 0.4) is 0 Å². The van der Waals surface area contributed by atoms with Crippen LogP contribution in [0.1, 0.15) is 5.56 Å². The Kier molecular flexibility index (Phi) is 7.48. The summed E-state index contributed by atoms with van der Waals surface area (Å²) in [6.07, 6.45) is 0. The lowest BCUT2D eigenvalue weighted by Gasteiger charge is -2.26. The van der Waals surface area contributed by atoms with Crippen molar-refractivity contribution in [1.29, 1.82) is 0 Å². The third-order valence-electron chi connectivity index (χ3n) is 4.28. The summed E-state index contributed by atoms with van der Waals surface area (Å²) < 4.78 is 30.2. The predicted octanol–water partition coefficient (Wildman–Crippen LogP) is 6.12. The molecule has 0 spiro atoms. The summed E-state index contributed by atoms with van der Waals surface area (Å²) in [6.45, 7) is 0.337. The van der Waals surface area contributed by atoms with E-state index in [1.807, 2.05) is 41.3 Å². The normalized spacial score (nSPS) is 10.7. The SMILES string of the molecule is COc1ccc(N(Cc2ccccc2O)C(=S)Nc2ccc(SC(F)F)cc2)cc1. The zero-order chi connectivity index (χ0) is 21.5. The Morgan fingerprint density at radius 2 is 1.73 bits per heavy atom. The first-order valence-electron chi connectivity index (χ1n) is 9.00. The summed E-state index contributed by atoms with van der Waals surface area (Å²) in [5.41, 5.74) is 2.19. The Hall–Kier alpha value is -2.84. The van der Waals surface area contributed by atoms with Crippen LogP contribution in [-0.4, -0.2) is 23.1 Å². The molecule has 0 saturated carbocycles. The molecule has 3 aromatic rings. The molecule has 0 saturated heterocycles. The third kappa shape index (κ3) is 5.84. The van der Waals surface area contributed by atoms with Crippen LogP contribution in [0, 0.1) is 0 Å². The van der Waals surface area contributed by atoms with Crippen LogP contribution in [0.5, 0.6) is 11.5 Å². The second-order valence-corrected chi connectivity index (χ2v) is 7.70. The maximum absolute atomic E-state index is 12.5. The van der Waals surface area contributed by atoms with Crippen LogP contribution >= 0.6 is 24.0 Å². The summed E-state index contributed by atoms with van der Waals surface area (Å²) in [4.78, 5) is 2.31. The van der Waals surface area contributed by atoms with Gasteiger partial charge in [0.1, 0.15) is 11.5 Å². The molecule has 0 fully saturated rings. The monoisotopic (exact) mass is 446 g/mol. The second-order valence-electron chi connectivity index (χ2n) is 6.25. The van der Waals surface area contributed by atoms with Gasteiger partial charge in [0, 0.05) is 21.8 Å². The summed E-state index contributed by atoms with van der Waals surface area (Å²) in [7, 11) is 1.59. The van der Waals surface area contributed by atoms with Crippen molar-refractivity contribution in [2.75, 3.05) is 17.3 Å². The maximum Gasteiger partial charge on any atom is 0.288 e. The molecule has 0 amide bonds. The number of thiocarbonyl (C=S) groups is 1. The van der Waals surface area contributed by atoms with E-state index < -0.39 is 5.76 Å². The minimum atomic E-state index is -2.46. The first-order valence-corrected chi connectivity index (χ1v) is 10.3. The molecule has 0 heterocycles. The van der Waals surface area contributed by atoms with E-state index in [0.29, 0.717) is 45.3 Å². The number of anilines is 2. The summed E-state index contributed by atoms with van der Waals surface area (Å²) in [6, 6.07) is 21.1. The van der Waals surface area contributed by atoms with Gasteiger partial charge in [-0.15, -0.1) is 0 Å². The standard InChI is InChI=1S/C22H20F2N2O2S2/c1-28-18-10-8-17(9-11-18)26(14-15-4-2-3-5-20(15)27)22(29)25-16-6-12-19(13-7-16)30-21(23)24/h2-13,21,27H,14H2,1H3,(H,25,29). The number of hydrogen-bond acceptors (Lipinski definition) is 4. The van der Waals surface area contributed by atoms with E-state index in [-0.39, 0.29) is 5.75 Å². The zero-order valence-electron chi connectivity index (χ0n) is 16.1. The first-order chi connectivity index (χ1) is 14.5. The van der Waals surface area contributed by atoms with E-state index in [2.05, 4.69) is 5.32 Å². The number of alkyl halides is 2. The lowest BCUT2D eigenvalue weighted by Crippen LogP contribution is -2.34. The molecular weight excluding hydrogens is 426 g/mol. The molecule has 2 N–H and O–H groups in total. The van der Waals surface area contributed by atoms with Gasteiger partial charge in [0.25, 0.3) is 5.76 Å². The second kappa shape index (κ2) is 10.3. The average Bonchev–Trinajstić information content (AvgIpc) is 2.74. The number of methoxy groups -OCH3 is 1. The number of hydrogen-bond donors (Lipinski definition) is 2. The number of phenols is 1. The van der Waals surface area contributed by atoms with E-state index in [0.717, 1.165) is 5.69 Å². The number of nitrogens with one attached hydrogen (secondary N) is 1. The highest BCUT2D eigenvalue weighted by Gasteiger charge is 2.16. The summed E-state index contributed by atoms with van der Waals surface area (Å²) in [5, 5.41) is 13.7. The Labute approximate surface area is 183 Å². The molecule has 156 valence electrons. The minimum Gasteiger partial charge on any atom is -0.508 e. The molecule has 0 bridgehead atoms. The van der Waals surface area contributed by atoms with E-state index in [1.165, 1.54) is 0 Å². The molecule has 3 aromatic carbocycles. The number of nitrogens with zero attached hydrogens (tertiary/aromatic N) is 1. The Bertz CT molecular complexity index is 983. The van der Waals surface area contributed by atoms with Crippen molar-refractivity contribution >= 4 is 40.5 Å². The molecule has 0 aliphatic carbocycles. The van der Waals surface area contributed by atoms with Crippen LogP contribution in [0.4, 0.5) is 20.2 Å². The molecule has 8 heteroatoms. The van der Waals surface area contributed by atoms with E-state index >= 15 is 0 Å². The van der Waals surface area contributed by atoms with Crippen molar-refractivity contribution in [3.63, 3.8) is 0 Å². The number of benzene rings is 3. The number of para-hydroxylation sites is 1. The van der Waals surface area contributed by atoms with Crippen molar-refractivity contribution in [1.82, 2.24) is 0 Å². The van der Waals surface area contributed by atoms with Crippen molar-refractivity contribution in [2.24, 2.45) is 0 Å². The van der Waals surface area contributed by atoms with Gasteiger partial charge in [-0.3, -0.25) is 0 Å². The number of ether oxygens (including phenoxy) is 1. The Morgan fingerprint density at radius 1 is 1.07 bits per heavy atom. The molecule has 0 aliphatic rings. The first kappa shape index (κ1) is 21.9. The van der Waals surface area contributed by atoms with Gasteiger partial charge in [-0.05, 0) is 66.8 Å². The fraction of sp³-hybridized carbons (Fsp3) is 0.136. The fourth-order valence-corrected chi connectivity index (χ4v) is 3.55. The van der Waals surface area contributed by atoms with E-state index in [9.17, 15) is 13.9 Å². The van der Waals surface area contributed by atoms with Crippen LogP contribution in [-0.2, 0) is 6.54 Å². The molecule has 3 rings (SSSR count). The van der Waals surface area contributed by atoms with Crippen molar-refractivity contribution in [3.8, 4) is 11.5 Å². The van der Waals surface area contributed by atoms with E-state index in [4.69, 9.17) is 17.0 Å². The van der Waals surface area contributed by atoms with Crippen molar-refractivity contribution < 1.29 is 18.6 Å². The lowest BCUT2D eigenvalue weighted by molar-refractivity contribution is 0.252. The average molecular weight is 447 g/mol. The highest BCUT2D eigenvalue weighted by atomic mass is 32.2. The van der Waals surface area contributed by atoms with Gasteiger partial charge in [0.15, 0.2) is 5.11 Å². The topological polar surface area (TPSA) is 44.7 Å². The Morgan fingerprint density at radius 3 is 2.33 bits per heavy atom. The van der Waals surface area contributed by atoms with Gasteiger partial charge < -0.3 is 20.1 Å². The molecule has 0 aromatic heterocycles. The largest absolute Gasteiger partial charge is 0.508 e. The zero-order valence-corrected chi connectivity index (χ0v) is 17.7. The Balaban J connectivity index is 1.83. The van der Waals surface area contributed by atoms with Crippen molar-refractivity contribution in [2.45, 2.75) is 17.2 Å². The number of rotatable bonds is 7. The summed E-state index contributed by atoms with van der Waals surface area (Å²) >= 11 is 6.11. The van der Waals surface area contributed by atoms with Gasteiger partial charge in [-0.1, -0.05) is 30.0 Å². The van der Waals surface area contributed by atoms with Gasteiger partial charge in [0.2, 0.25) is 0 Å². The number of phenolic OH excluding ortho intramolecular Hbond substituents is 1. The van der Waals surface area contributed by atoms with Crippen LogP contribution < -0.4 is 15.0 Å². The molecule has 0 aliphatic heterocycles. The van der Waals surface area contributed by atoms with Gasteiger partial charge in [-0.25, -0.2) is 0 Å². The number of aromatic hydroxyl groups is 1. The van der Waals surface area contributed by atoms with Gasteiger partial charge in [0.05, 0.1) is 13.7 Å². The minimum absolute atomic E-state index is 0.173. The quantitative estimate of drug-likeness (QED) is 0.337. The van der Waals surface area contributed by atoms with Crippen LogP contribution in [0.25, 0.3) is 0 Å². The molecule has 0 unspecified atom stereocenters. The van der Waals surface area contributed by atoms with Crippen LogP contribution in [0.15, 0.2) is 77.7 Å². The molecule has 0 radical (unpaired) electrons. The lowest BCUT2D eigenvalue weighted by atomic mass is 10.1. The van der Waals surface area contributed by atoms with Crippen LogP contribution in [0.2, 0.25) is 0 Å². The van der Waals surface area contributed by atoms with Crippen molar-refractivity contribution in [3.05, 3.63) is 78.4 Å². The van der Waals surface area contributed by atoms with Gasteiger partial charge >= 0.3 is 0 Å².